The number of para-hydroxylation sites is 1. The van der Waals surface area contributed by atoms with E-state index in [1.807, 2.05) is 0 Å². The highest BCUT2D eigenvalue weighted by atomic mass is 32.2. The standard InChI is InChI=1S/C15H17FN2O2S/c1-10-9-13(16)14(17)11(2)15(10)21(19,20)18(3)12-7-5-4-6-8-12/h4-9H,17H2,1-3H3. The van der Waals surface area contributed by atoms with Crippen LogP contribution in [0.5, 0.6) is 0 Å². The average molecular weight is 308 g/mol. The molecule has 0 atom stereocenters. The lowest BCUT2D eigenvalue weighted by molar-refractivity contribution is 0.591. The Balaban J connectivity index is 2.63. The number of nitrogens with two attached hydrogens (primary N) is 1. The first-order chi connectivity index (χ1) is 9.76. The van der Waals surface area contributed by atoms with Crippen molar-refractivity contribution in [1.82, 2.24) is 0 Å². The summed E-state index contributed by atoms with van der Waals surface area (Å²) in [6.45, 7) is 3.07. The van der Waals surface area contributed by atoms with Crippen molar-refractivity contribution in [3.8, 4) is 0 Å². The molecule has 0 saturated heterocycles. The molecule has 0 fully saturated rings. The van der Waals surface area contributed by atoms with Crippen LogP contribution in [0.15, 0.2) is 41.3 Å². The van der Waals surface area contributed by atoms with E-state index in [0.717, 1.165) is 6.07 Å². The largest absolute Gasteiger partial charge is 0.396 e. The van der Waals surface area contributed by atoms with Gasteiger partial charge in [0.15, 0.2) is 0 Å². The van der Waals surface area contributed by atoms with E-state index in [9.17, 15) is 12.8 Å². The van der Waals surface area contributed by atoms with E-state index in [0.29, 0.717) is 11.3 Å². The van der Waals surface area contributed by atoms with Gasteiger partial charge in [0, 0.05) is 7.05 Å². The Bertz CT molecular complexity index is 774. The minimum Gasteiger partial charge on any atom is -0.396 e. The van der Waals surface area contributed by atoms with E-state index in [1.165, 1.54) is 18.3 Å². The number of benzene rings is 2. The lowest BCUT2D eigenvalue weighted by Crippen LogP contribution is -2.28. The van der Waals surface area contributed by atoms with Crippen molar-refractivity contribution in [2.24, 2.45) is 0 Å². The highest BCUT2D eigenvalue weighted by Gasteiger charge is 2.27. The predicted octanol–water partition coefficient (Wildman–Crippen LogP) is 2.85. The number of nitrogen functional groups attached to an aromatic ring is 1. The van der Waals surface area contributed by atoms with E-state index < -0.39 is 15.8 Å². The zero-order chi connectivity index (χ0) is 15.8. The Kier molecular flexibility index (Phi) is 3.91. The predicted molar refractivity (Wildman–Crippen MR) is 82.3 cm³/mol. The van der Waals surface area contributed by atoms with Crippen molar-refractivity contribution in [2.75, 3.05) is 17.1 Å². The molecule has 4 nitrogen and oxygen atoms in total. The summed E-state index contributed by atoms with van der Waals surface area (Å²) in [5.41, 5.74) is 6.58. The molecule has 2 aromatic rings. The zero-order valence-electron chi connectivity index (χ0n) is 12.1. The third-order valence-corrected chi connectivity index (χ3v) is 5.52. The van der Waals surface area contributed by atoms with E-state index >= 15 is 0 Å². The first-order valence-electron chi connectivity index (χ1n) is 6.36. The van der Waals surface area contributed by atoms with Crippen molar-refractivity contribution in [3.05, 3.63) is 53.3 Å². The maximum atomic E-state index is 13.6. The second-order valence-electron chi connectivity index (χ2n) is 4.85. The number of sulfonamides is 1. The summed E-state index contributed by atoms with van der Waals surface area (Å²) < 4.78 is 40.3. The smallest absolute Gasteiger partial charge is 0.264 e. The first kappa shape index (κ1) is 15.3. The van der Waals surface area contributed by atoms with Gasteiger partial charge >= 0.3 is 0 Å². The molecule has 2 N–H and O–H groups in total. The minimum absolute atomic E-state index is 0.0488. The fourth-order valence-electron chi connectivity index (χ4n) is 2.24. The normalized spacial score (nSPS) is 11.4. The van der Waals surface area contributed by atoms with Crippen LogP contribution in [0.1, 0.15) is 11.1 Å². The van der Waals surface area contributed by atoms with Gasteiger partial charge in [0.25, 0.3) is 10.0 Å². The molecule has 0 saturated carbocycles. The Morgan fingerprint density at radius 3 is 2.29 bits per heavy atom. The molecule has 0 aromatic heterocycles. The third-order valence-electron chi connectivity index (χ3n) is 3.44. The number of nitrogens with zero attached hydrogens (tertiary/aromatic N) is 1. The number of anilines is 2. The fourth-order valence-corrected chi connectivity index (χ4v) is 3.88. The number of hydrogen-bond donors (Lipinski definition) is 1. The van der Waals surface area contributed by atoms with Gasteiger partial charge in [0.1, 0.15) is 5.82 Å². The van der Waals surface area contributed by atoms with Crippen molar-refractivity contribution in [3.63, 3.8) is 0 Å². The second-order valence-corrected chi connectivity index (χ2v) is 6.76. The van der Waals surface area contributed by atoms with Crippen LogP contribution in [0.4, 0.5) is 15.8 Å². The number of hydrogen-bond acceptors (Lipinski definition) is 3. The van der Waals surface area contributed by atoms with Crippen LogP contribution in [0.2, 0.25) is 0 Å². The van der Waals surface area contributed by atoms with Crippen LogP contribution in [0.25, 0.3) is 0 Å². The molecular formula is C15H17FN2O2S. The monoisotopic (exact) mass is 308 g/mol. The highest BCUT2D eigenvalue weighted by Crippen LogP contribution is 2.31. The van der Waals surface area contributed by atoms with Gasteiger partial charge in [-0.1, -0.05) is 18.2 Å². The molecular weight excluding hydrogens is 291 g/mol. The van der Waals surface area contributed by atoms with E-state index in [-0.39, 0.29) is 16.1 Å². The van der Waals surface area contributed by atoms with Crippen molar-refractivity contribution in [1.29, 1.82) is 0 Å². The molecule has 0 amide bonds. The van der Waals surface area contributed by atoms with Crippen LogP contribution in [-0.2, 0) is 10.0 Å². The summed E-state index contributed by atoms with van der Waals surface area (Å²) in [6, 6.07) is 9.83. The van der Waals surface area contributed by atoms with Crippen LogP contribution >= 0.6 is 0 Å². The molecule has 2 rings (SSSR count). The lowest BCUT2D eigenvalue weighted by Gasteiger charge is -2.22. The van der Waals surface area contributed by atoms with E-state index in [1.54, 1.807) is 37.3 Å². The molecule has 21 heavy (non-hydrogen) atoms. The fraction of sp³-hybridized carbons (Fsp3) is 0.200. The molecule has 0 bridgehead atoms. The quantitative estimate of drug-likeness (QED) is 0.887. The van der Waals surface area contributed by atoms with Crippen LogP contribution in [0.3, 0.4) is 0 Å². The van der Waals surface area contributed by atoms with Gasteiger partial charge in [-0.25, -0.2) is 12.8 Å². The van der Waals surface area contributed by atoms with Gasteiger partial charge in [0.05, 0.1) is 16.3 Å². The van der Waals surface area contributed by atoms with Crippen molar-refractivity contribution in [2.45, 2.75) is 18.7 Å². The Morgan fingerprint density at radius 2 is 1.71 bits per heavy atom. The molecule has 0 heterocycles. The SMILES string of the molecule is Cc1cc(F)c(N)c(C)c1S(=O)(=O)N(C)c1ccccc1. The molecule has 0 spiro atoms. The first-order valence-corrected chi connectivity index (χ1v) is 7.80. The molecule has 0 aliphatic rings. The second kappa shape index (κ2) is 5.37. The van der Waals surface area contributed by atoms with Gasteiger partial charge in [-0.2, -0.15) is 0 Å². The molecule has 0 unspecified atom stereocenters. The van der Waals surface area contributed by atoms with Crippen LogP contribution < -0.4 is 10.0 Å². The Labute approximate surface area is 124 Å². The Hall–Kier alpha value is -2.08. The molecule has 0 aliphatic carbocycles. The van der Waals surface area contributed by atoms with Crippen LogP contribution in [-0.4, -0.2) is 15.5 Å². The summed E-state index contributed by atoms with van der Waals surface area (Å²) in [5.74, 6) is -0.605. The van der Waals surface area contributed by atoms with Gasteiger partial charge in [-0.05, 0) is 43.2 Å². The van der Waals surface area contributed by atoms with Gasteiger partial charge in [-0.3, -0.25) is 4.31 Å². The van der Waals surface area contributed by atoms with Gasteiger partial charge < -0.3 is 5.73 Å². The lowest BCUT2D eigenvalue weighted by atomic mass is 10.1. The number of rotatable bonds is 3. The van der Waals surface area contributed by atoms with Gasteiger partial charge in [0.2, 0.25) is 0 Å². The zero-order valence-corrected chi connectivity index (χ0v) is 12.9. The third kappa shape index (κ3) is 2.58. The molecule has 112 valence electrons. The van der Waals surface area contributed by atoms with E-state index in [4.69, 9.17) is 5.73 Å². The molecule has 0 radical (unpaired) electrons. The number of halogens is 1. The summed E-state index contributed by atoms with van der Waals surface area (Å²) in [5, 5.41) is 0. The molecule has 6 heteroatoms. The van der Waals surface area contributed by atoms with Gasteiger partial charge in [-0.15, -0.1) is 0 Å². The minimum atomic E-state index is -3.81. The summed E-state index contributed by atoms with van der Waals surface area (Å²) in [7, 11) is -2.34. The molecule has 0 aliphatic heterocycles. The molecule has 2 aromatic carbocycles. The van der Waals surface area contributed by atoms with E-state index in [2.05, 4.69) is 0 Å². The topological polar surface area (TPSA) is 63.4 Å². The maximum absolute atomic E-state index is 13.6. The van der Waals surface area contributed by atoms with Crippen molar-refractivity contribution >= 4 is 21.4 Å². The van der Waals surface area contributed by atoms with Crippen molar-refractivity contribution < 1.29 is 12.8 Å². The maximum Gasteiger partial charge on any atom is 0.264 e. The summed E-state index contributed by atoms with van der Waals surface area (Å²) >= 11 is 0. The summed E-state index contributed by atoms with van der Waals surface area (Å²) in [4.78, 5) is 0.0488. The Morgan fingerprint density at radius 1 is 1.14 bits per heavy atom. The van der Waals surface area contributed by atoms with Crippen LogP contribution in [0, 0.1) is 19.7 Å². The summed E-state index contributed by atoms with van der Waals surface area (Å²) in [6.07, 6.45) is 0. The number of aryl methyl sites for hydroxylation is 1. The highest BCUT2D eigenvalue weighted by molar-refractivity contribution is 7.93. The average Bonchev–Trinajstić information content (AvgIpc) is 2.44.